The van der Waals surface area contributed by atoms with Gasteiger partial charge in [0.25, 0.3) is 0 Å². The summed E-state index contributed by atoms with van der Waals surface area (Å²) in [5.41, 5.74) is 1.26. The average Bonchev–Trinajstić information content (AvgIpc) is 3.19. The molecule has 0 bridgehead atoms. The Kier molecular flexibility index (Phi) is 4.08. The molecule has 2 heterocycles. The maximum absolute atomic E-state index is 11.6. The molecule has 0 N–H and O–H groups in total. The van der Waals surface area contributed by atoms with Gasteiger partial charge in [-0.25, -0.2) is 14.5 Å². The smallest absolute Gasteiger partial charge is 0.360 e. The Bertz CT molecular complexity index is 801. The van der Waals surface area contributed by atoms with Crippen LogP contribution in [0.2, 0.25) is 10.0 Å². The van der Waals surface area contributed by atoms with E-state index in [1.165, 1.54) is 10.9 Å². The highest BCUT2D eigenvalue weighted by Crippen LogP contribution is 2.24. The number of halogens is 2. The maximum Gasteiger partial charge on any atom is 0.360 e. The third-order valence-corrected chi connectivity index (χ3v) is 3.44. The summed E-state index contributed by atoms with van der Waals surface area (Å²) in [5.74, 6) is -0.599. The van der Waals surface area contributed by atoms with Crippen molar-refractivity contribution in [2.75, 3.05) is 0 Å². The Morgan fingerprint density at radius 1 is 1.32 bits per heavy atom. The summed E-state index contributed by atoms with van der Waals surface area (Å²) in [4.78, 5) is 15.3. The summed E-state index contributed by atoms with van der Waals surface area (Å²) in [7, 11) is 0. The molecule has 3 rings (SSSR count). The summed E-state index contributed by atoms with van der Waals surface area (Å²) in [6.45, 7) is -0.0347. The molecule has 0 unspecified atom stereocenters. The number of hydrogen-bond acceptors (Lipinski definition) is 6. The van der Waals surface area contributed by atoms with Crippen LogP contribution in [0.5, 0.6) is 0 Å². The summed E-state index contributed by atoms with van der Waals surface area (Å²) < 4.78 is 11.2. The molecule has 0 saturated carbocycles. The van der Waals surface area contributed by atoms with E-state index in [0.29, 0.717) is 21.4 Å². The Hall–Kier alpha value is -2.38. The summed E-state index contributed by atoms with van der Waals surface area (Å²) in [6, 6.07) is 5.06. The molecule has 0 fully saturated rings. The zero-order valence-electron chi connectivity index (χ0n) is 10.9. The predicted molar refractivity (Wildman–Crippen MR) is 77.0 cm³/mol. The van der Waals surface area contributed by atoms with Crippen molar-refractivity contribution < 1.29 is 13.9 Å². The largest absolute Gasteiger partial charge is 0.454 e. The zero-order valence-corrected chi connectivity index (χ0v) is 12.5. The molecule has 22 heavy (non-hydrogen) atoms. The van der Waals surface area contributed by atoms with Crippen molar-refractivity contribution in [2.24, 2.45) is 0 Å². The van der Waals surface area contributed by atoms with Gasteiger partial charge in [-0.1, -0.05) is 28.4 Å². The lowest BCUT2D eigenvalue weighted by Gasteiger charge is -2.01. The quantitative estimate of drug-likeness (QED) is 0.680. The molecule has 112 valence electrons. The molecule has 0 aliphatic rings. The molecule has 0 atom stereocenters. The van der Waals surface area contributed by atoms with Crippen molar-refractivity contribution in [3.8, 4) is 5.69 Å². The minimum Gasteiger partial charge on any atom is -0.454 e. The summed E-state index contributed by atoms with van der Waals surface area (Å²) in [5, 5.41) is 8.71. The minimum absolute atomic E-state index is 0.0347. The highest BCUT2D eigenvalue weighted by atomic mass is 35.5. The lowest BCUT2D eigenvalue weighted by molar-refractivity contribution is 0.0460. The number of nitrogens with zero attached hydrogens (tertiary/aromatic N) is 4. The van der Waals surface area contributed by atoms with Crippen LogP contribution in [0.15, 0.2) is 41.5 Å². The first kappa shape index (κ1) is 14.6. The van der Waals surface area contributed by atoms with Crippen molar-refractivity contribution in [2.45, 2.75) is 6.61 Å². The molecule has 0 aliphatic carbocycles. The molecule has 0 radical (unpaired) electrons. The van der Waals surface area contributed by atoms with E-state index in [1.54, 1.807) is 24.4 Å². The van der Waals surface area contributed by atoms with E-state index < -0.39 is 5.97 Å². The van der Waals surface area contributed by atoms with Gasteiger partial charge in [0.2, 0.25) is 0 Å². The number of benzene rings is 1. The molecule has 2 aromatic heterocycles. The van der Waals surface area contributed by atoms with E-state index in [9.17, 15) is 4.79 Å². The topological polar surface area (TPSA) is 83.0 Å². The highest BCUT2D eigenvalue weighted by Gasteiger charge is 2.12. The second-order valence-electron chi connectivity index (χ2n) is 4.20. The maximum atomic E-state index is 11.6. The van der Waals surface area contributed by atoms with Crippen molar-refractivity contribution in [3.63, 3.8) is 0 Å². The Morgan fingerprint density at radius 2 is 2.18 bits per heavy atom. The van der Waals surface area contributed by atoms with Crippen LogP contribution >= 0.6 is 23.2 Å². The predicted octanol–water partition coefficient (Wildman–Crippen LogP) is 2.92. The fourth-order valence-electron chi connectivity index (χ4n) is 1.65. The van der Waals surface area contributed by atoms with Gasteiger partial charge >= 0.3 is 5.97 Å². The second-order valence-corrected chi connectivity index (χ2v) is 5.02. The fraction of sp³-hybridized carbons (Fsp3) is 0.0769. The number of oxazole rings is 1. The van der Waals surface area contributed by atoms with E-state index in [2.05, 4.69) is 15.3 Å². The monoisotopic (exact) mass is 338 g/mol. The molecule has 7 nitrogen and oxygen atoms in total. The summed E-state index contributed by atoms with van der Waals surface area (Å²) >= 11 is 11.8. The van der Waals surface area contributed by atoms with Crippen molar-refractivity contribution in [3.05, 3.63) is 58.5 Å². The number of hydrogen-bond donors (Lipinski definition) is 0. The number of carbonyl (C=O) groups is 1. The third kappa shape index (κ3) is 3.10. The average molecular weight is 339 g/mol. The fourth-order valence-corrected chi connectivity index (χ4v) is 1.94. The van der Waals surface area contributed by atoms with Crippen LogP contribution in [0.3, 0.4) is 0 Å². The molecular formula is C13H8Cl2N4O3. The Labute approximate surface area is 134 Å². The van der Waals surface area contributed by atoms with Crippen LogP contribution < -0.4 is 0 Å². The van der Waals surface area contributed by atoms with Gasteiger partial charge < -0.3 is 9.15 Å². The molecule has 0 amide bonds. The van der Waals surface area contributed by atoms with Crippen LogP contribution in [-0.4, -0.2) is 25.9 Å². The molecule has 3 aromatic rings. The normalized spacial score (nSPS) is 10.6. The molecule has 0 saturated heterocycles. The van der Waals surface area contributed by atoms with Crippen molar-refractivity contribution in [1.29, 1.82) is 0 Å². The van der Waals surface area contributed by atoms with E-state index in [1.807, 2.05) is 0 Å². The highest BCUT2D eigenvalue weighted by molar-refractivity contribution is 6.42. The van der Waals surface area contributed by atoms with E-state index in [-0.39, 0.29) is 12.3 Å². The van der Waals surface area contributed by atoms with E-state index in [4.69, 9.17) is 32.4 Å². The molecular weight excluding hydrogens is 331 g/mol. The first-order valence-electron chi connectivity index (χ1n) is 6.05. The minimum atomic E-state index is -0.599. The van der Waals surface area contributed by atoms with Crippen LogP contribution in [-0.2, 0) is 11.3 Å². The lowest BCUT2D eigenvalue weighted by Crippen LogP contribution is -2.05. The SMILES string of the molecule is O=C(OCc1cn(-c2ccc(Cl)c(Cl)c2)nn1)c1cocn1. The van der Waals surface area contributed by atoms with Gasteiger partial charge in [0.1, 0.15) is 18.6 Å². The van der Waals surface area contributed by atoms with Gasteiger partial charge in [-0.2, -0.15) is 0 Å². The van der Waals surface area contributed by atoms with Crippen molar-refractivity contribution >= 4 is 29.2 Å². The first-order chi connectivity index (χ1) is 10.6. The van der Waals surface area contributed by atoms with Gasteiger partial charge in [-0.05, 0) is 18.2 Å². The number of ether oxygens (including phenoxy) is 1. The first-order valence-corrected chi connectivity index (χ1v) is 6.81. The standard InChI is InChI=1S/C13H8Cl2N4O3/c14-10-2-1-9(3-11(10)15)19-4-8(17-18-19)5-22-13(20)12-6-21-7-16-12/h1-4,6-7H,5H2. The number of esters is 1. The zero-order chi connectivity index (χ0) is 15.5. The van der Waals surface area contributed by atoms with Crippen LogP contribution in [0.1, 0.15) is 16.2 Å². The molecule has 1 aromatic carbocycles. The second kappa shape index (κ2) is 6.17. The van der Waals surface area contributed by atoms with E-state index >= 15 is 0 Å². The van der Waals surface area contributed by atoms with Gasteiger partial charge in [0.05, 0.1) is 21.9 Å². The molecule has 0 spiro atoms. The van der Waals surface area contributed by atoms with E-state index in [0.717, 1.165) is 6.39 Å². The molecule has 9 heteroatoms. The van der Waals surface area contributed by atoms with Gasteiger partial charge in [-0.3, -0.25) is 0 Å². The van der Waals surface area contributed by atoms with Gasteiger partial charge in [-0.15, -0.1) is 5.10 Å². The summed E-state index contributed by atoms with van der Waals surface area (Å²) in [6.07, 6.45) is 3.97. The van der Waals surface area contributed by atoms with Crippen LogP contribution in [0.4, 0.5) is 0 Å². The van der Waals surface area contributed by atoms with Gasteiger partial charge in [0, 0.05) is 0 Å². The van der Waals surface area contributed by atoms with Crippen molar-refractivity contribution in [1.82, 2.24) is 20.0 Å². The van der Waals surface area contributed by atoms with Gasteiger partial charge in [0.15, 0.2) is 12.1 Å². The number of carbonyl (C=O) groups excluding carboxylic acids is 1. The number of aromatic nitrogens is 4. The number of rotatable bonds is 4. The van der Waals surface area contributed by atoms with Crippen LogP contribution in [0, 0.1) is 0 Å². The molecule has 0 aliphatic heterocycles. The third-order valence-electron chi connectivity index (χ3n) is 2.70. The Balaban J connectivity index is 1.68. The Morgan fingerprint density at radius 3 is 2.91 bits per heavy atom. The van der Waals surface area contributed by atoms with Crippen LogP contribution in [0.25, 0.3) is 5.69 Å². The lowest BCUT2D eigenvalue weighted by atomic mass is 10.3.